The lowest BCUT2D eigenvalue weighted by atomic mass is 10.1. The molecule has 2 N–H and O–H groups in total. The molecule has 0 aliphatic rings. The topological polar surface area (TPSA) is 86.7 Å². The first-order chi connectivity index (χ1) is 10.8. The van der Waals surface area contributed by atoms with Crippen LogP contribution in [0.2, 0.25) is 0 Å². The molecule has 0 saturated carbocycles. The van der Waals surface area contributed by atoms with E-state index in [2.05, 4.69) is 5.32 Å². The zero-order valence-corrected chi connectivity index (χ0v) is 13.8. The zero-order chi connectivity index (χ0) is 17.4. The van der Waals surface area contributed by atoms with E-state index in [4.69, 9.17) is 5.11 Å². The van der Waals surface area contributed by atoms with E-state index in [-0.39, 0.29) is 24.8 Å². The monoisotopic (exact) mass is 320 g/mol. The number of carbonyl (C=O) groups excluding carboxylic acids is 2. The number of carboxylic acids is 1. The second kappa shape index (κ2) is 8.92. The fourth-order valence-electron chi connectivity index (χ4n) is 1.99. The molecule has 0 saturated heterocycles. The quantitative estimate of drug-likeness (QED) is 0.766. The van der Waals surface area contributed by atoms with Crippen molar-refractivity contribution in [2.45, 2.75) is 33.2 Å². The molecule has 0 bridgehead atoms. The first-order valence-electron chi connectivity index (χ1n) is 7.62. The molecular weight excluding hydrogens is 296 g/mol. The number of amides is 2. The Kier molecular flexibility index (Phi) is 7.25. The third kappa shape index (κ3) is 6.95. The average Bonchev–Trinajstić information content (AvgIpc) is 2.49. The number of carbonyl (C=O) groups is 3. The molecule has 0 fully saturated rings. The highest BCUT2D eigenvalue weighted by Gasteiger charge is 2.12. The average molecular weight is 320 g/mol. The molecular formula is C17H24N2O4. The Morgan fingerprint density at radius 3 is 2.30 bits per heavy atom. The zero-order valence-electron chi connectivity index (χ0n) is 13.8. The van der Waals surface area contributed by atoms with E-state index in [0.29, 0.717) is 24.4 Å². The Morgan fingerprint density at radius 2 is 1.78 bits per heavy atom. The summed E-state index contributed by atoms with van der Waals surface area (Å²) in [4.78, 5) is 35.6. The SMILES string of the molecule is CC(C)CC(=O)NCc1ccc(C(=O)N(C)CCC(=O)O)cc1. The van der Waals surface area contributed by atoms with Crippen LogP contribution in [-0.2, 0) is 16.1 Å². The van der Waals surface area contributed by atoms with Crippen LogP contribution in [0.3, 0.4) is 0 Å². The maximum atomic E-state index is 12.1. The standard InChI is InChI=1S/C17H24N2O4/c1-12(2)10-15(20)18-11-13-4-6-14(7-5-13)17(23)19(3)9-8-16(21)22/h4-7,12H,8-11H2,1-3H3,(H,18,20)(H,21,22). The van der Waals surface area contributed by atoms with E-state index in [1.165, 1.54) is 4.90 Å². The molecule has 126 valence electrons. The number of nitrogens with one attached hydrogen (secondary N) is 1. The molecule has 0 aromatic heterocycles. The molecule has 0 atom stereocenters. The van der Waals surface area contributed by atoms with E-state index < -0.39 is 5.97 Å². The number of hydrogen-bond donors (Lipinski definition) is 2. The Balaban J connectivity index is 2.53. The molecule has 23 heavy (non-hydrogen) atoms. The number of rotatable bonds is 8. The summed E-state index contributed by atoms with van der Waals surface area (Å²) in [6.07, 6.45) is 0.410. The molecule has 6 heteroatoms. The van der Waals surface area contributed by atoms with Crippen LogP contribution in [0.4, 0.5) is 0 Å². The minimum Gasteiger partial charge on any atom is -0.481 e. The van der Waals surface area contributed by atoms with Crippen molar-refractivity contribution in [3.05, 3.63) is 35.4 Å². The van der Waals surface area contributed by atoms with Gasteiger partial charge in [-0.2, -0.15) is 0 Å². The van der Waals surface area contributed by atoms with Crippen molar-refractivity contribution in [3.8, 4) is 0 Å². The predicted octanol–water partition coefficient (Wildman–Crippen LogP) is 1.90. The normalized spacial score (nSPS) is 10.4. The summed E-state index contributed by atoms with van der Waals surface area (Å²) >= 11 is 0. The van der Waals surface area contributed by atoms with Crippen molar-refractivity contribution in [2.75, 3.05) is 13.6 Å². The molecule has 0 spiro atoms. The molecule has 0 heterocycles. The first-order valence-corrected chi connectivity index (χ1v) is 7.62. The number of carboxylic acid groups (broad SMARTS) is 1. The van der Waals surface area contributed by atoms with Gasteiger partial charge in [0, 0.05) is 32.1 Å². The summed E-state index contributed by atoms with van der Waals surface area (Å²) < 4.78 is 0. The van der Waals surface area contributed by atoms with Crippen molar-refractivity contribution < 1.29 is 19.5 Å². The molecule has 0 unspecified atom stereocenters. The van der Waals surface area contributed by atoms with Gasteiger partial charge in [0.1, 0.15) is 0 Å². The lowest BCUT2D eigenvalue weighted by molar-refractivity contribution is -0.137. The lowest BCUT2D eigenvalue weighted by Gasteiger charge is -2.16. The maximum absolute atomic E-state index is 12.1. The molecule has 1 rings (SSSR count). The van der Waals surface area contributed by atoms with E-state index in [1.54, 1.807) is 31.3 Å². The van der Waals surface area contributed by atoms with Crippen LogP contribution in [0.1, 0.15) is 42.6 Å². The second-order valence-corrected chi connectivity index (χ2v) is 5.94. The Bertz CT molecular complexity index is 552. The number of benzene rings is 1. The van der Waals surface area contributed by atoms with Crippen LogP contribution < -0.4 is 5.32 Å². The van der Waals surface area contributed by atoms with Crippen LogP contribution in [0.25, 0.3) is 0 Å². The Morgan fingerprint density at radius 1 is 1.17 bits per heavy atom. The fourth-order valence-corrected chi connectivity index (χ4v) is 1.99. The van der Waals surface area contributed by atoms with Crippen molar-refractivity contribution in [1.82, 2.24) is 10.2 Å². The van der Waals surface area contributed by atoms with Gasteiger partial charge in [-0.15, -0.1) is 0 Å². The van der Waals surface area contributed by atoms with Gasteiger partial charge in [0.25, 0.3) is 5.91 Å². The van der Waals surface area contributed by atoms with E-state index >= 15 is 0 Å². The summed E-state index contributed by atoms with van der Waals surface area (Å²) in [6, 6.07) is 6.94. The number of aliphatic carboxylic acids is 1. The third-order valence-electron chi connectivity index (χ3n) is 3.29. The van der Waals surface area contributed by atoms with Crippen molar-refractivity contribution in [2.24, 2.45) is 5.92 Å². The van der Waals surface area contributed by atoms with Gasteiger partial charge in [-0.1, -0.05) is 26.0 Å². The number of hydrogen-bond acceptors (Lipinski definition) is 3. The van der Waals surface area contributed by atoms with Gasteiger partial charge < -0.3 is 15.3 Å². The molecule has 1 aromatic carbocycles. The minimum atomic E-state index is -0.933. The third-order valence-corrected chi connectivity index (χ3v) is 3.29. The molecule has 1 aromatic rings. The minimum absolute atomic E-state index is 0.00792. The maximum Gasteiger partial charge on any atom is 0.305 e. The number of nitrogens with zero attached hydrogens (tertiary/aromatic N) is 1. The smallest absolute Gasteiger partial charge is 0.305 e. The van der Waals surface area contributed by atoms with Crippen LogP contribution in [0, 0.1) is 5.92 Å². The molecule has 6 nitrogen and oxygen atoms in total. The van der Waals surface area contributed by atoms with Crippen LogP contribution in [0.15, 0.2) is 24.3 Å². The van der Waals surface area contributed by atoms with Gasteiger partial charge in [0.05, 0.1) is 6.42 Å². The second-order valence-electron chi connectivity index (χ2n) is 5.94. The Labute approximate surface area is 136 Å². The molecule has 2 amide bonds. The van der Waals surface area contributed by atoms with Crippen LogP contribution in [-0.4, -0.2) is 41.4 Å². The van der Waals surface area contributed by atoms with Gasteiger partial charge in [0.15, 0.2) is 0 Å². The lowest BCUT2D eigenvalue weighted by Crippen LogP contribution is -2.29. The van der Waals surface area contributed by atoms with Crippen LogP contribution >= 0.6 is 0 Å². The summed E-state index contributed by atoms with van der Waals surface area (Å²) in [6.45, 7) is 4.57. The van der Waals surface area contributed by atoms with Gasteiger partial charge >= 0.3 is 5.97 Å². The van der Waals surface area contributed by atoms with E-state index in [9.17, 15) is 14.4 Å². The van der Waals surface area contributed by atoms with Gasteiger partial charge in [-0.25, -0.2) is 0 Å². The molecule has 0 aliphatic carbocycles. The van der Waals surface area contributed by atoms with Crippen molar-refractivity contribution in [3.63, 3.8) is 0 Å². The molecule has 0 radical (unpaired) electrons. The highest BCUT2D eigenvalue weighted by atomic mass is 16.4. The largest absolute Gasteiger partial charge is 0.481 e. The summed E-state index contributed by atoms with van der Waals surface area (Å²) in [5, 5.41) is 11.5. The Hall–Kier alpha value is -2.37. The van der Waals surface area contributed by atoms with Gasteiger partial charge in [-0.05, 0) is 23.6 Å². The van der Waals surface area contributed by atoms with Crippen molar-refractivity contribution >= 4 is 17.8 Å². The fraction of sp³-hybridized carbons (Fsp3) is 0.471. The summed E-state index contributed by atoms with van der Waals surface area (Å²) in [5.41, 5.74) is 1.40. The molecule has 0 aliphatic heterocycles. The summed E-state index contributed by atoms with van der Waals surface area (Å²) in [7, 11) is 1.57. The van der Waals surface area contributed by atoms with Crippen LogP contribution in [0.5, 0.6) is 0 Å². The van der Waals surface area contributed by atoms with E-state index in [0.717, 1.165) is 5.56 Å². The van der Waals surface area contributed by atoms with Gasteiger partial charge in [0.2, 0.25) is 5.91 Å². The highest BCUT2D eigenvalue weighted by molar-refractivity contribution is 5.94. The van der Waals surface area contributed by atoms with Gasteiger partial charge in [-0.3, -0.25) is 14.4 Å². The highest BCUT2D eigenvalue weighted by Crippen LogP contribution is 2.08. The van der Waals surface area contributed by atoms with E-state index in [1.807, 2.05) is 13.8 Å². The predicted molar refractivity (Wildman–Crippen MR) is 87.0 cm³/mol. The summed E-state index contributed by atoms with van der Waals surface area (Å²) in [5.74, 6) is -0.830. The van der Waals surface area contributed by atoms with Crippen molar-refractivity contribution in [1.29, 1.82) is 0 Å². The first kappa shape index (κ1) is 18.7.